The molecule has 0 spiro atoms. The maximum Gasteiger partial charge on any atom is 0.114 e. The van der Waals surface area contributed by atoms with Crippen molar-refractivity contribution in [3.63, 3.8) is 0 Å². The number of rotatable bonds is 2. The van der Waals surface area contributed by atoms with Crippen LogP contribution in [-0.4, -0.2) is 11.9 Å². The van der Waals surface area contributed by atoms with Crippen LogP contribution in [0.2, 0.25) is 0 Å². The van der Waals surface area contributed by atoms with Gasteiger partial charge >= 0.3 is 0 Å². The van der Waals surface area contributed by atoms with Crippen LogP contribution in [0.5, 0.6) is 0 Å². The standard InChI is InChI=1S/C14H27N3/c1-14(2)10-6-5-9-12(14)13(17-15)16-11-7-3-4-8-11/h11-12H,3-10,15H2,1-2H3,(H,16,17). The van der Waals surface area contributed by atoms with E-state index in [1.807, 2.05) is 0 Å². The lowest BCUT2D eigenvalue weighted by Crippen LogP contribution is -2.44. The first-order valence-electron chi connectivity index (χ1n) is 7.18. The first-order valence-corrected chi connectivity index (χ1v) is 7.18. The van der Waals surface area contributed by atoms with Gasteiger partial charge in [-0.25, -0.2) is 5.84 Å². The van der Waals surface area contributed by atoms with Crippen molar-refractivity contribution in [3.05, 3.63) is 0 Å². The van der Waals surface area contributed by atoms with Gasteiger partial charge in [0.2, 0.25) is 0 Å². The Balaban J connectivity index is 2.10. The summed E-state index contributed by atoms with van der Waals surface area (Å²) in [5.41, 5.74) is 3.25. The van der Waals surface area contributed by atoms with Crippen molar-refractivity contribution < 1.29 is 0 Å². The Morgan fingerprint density at radius 2 is 1.76 bits per heavy atom. The number of hydrazine groups is 1. The van der Waals surface area contributed by atoms with Crippen molar-refractivity contribution in [1.29, 1.82) is 0 Å². The molecule has 2 fully saturated rings. The van der Waals surface area contributed by atoms with Gasteiger partial charge in [0.25, 0.3) is 0 Å². The second-order valence-corrected chi connectivity index (χ2v) is 6.38. The average molecular weight is 237 g/mol. The third-order valence-electron chi connectivity index (χ3n) is 4.63. The van der Waals surface area contributed by atoms with E-state index < -0.39 is 0 Å². The summed E-state index contributed by atoms with van der Waals surface area (Å²) in [6.07, 6.45) is 10.4. The molecule has 0 bridgehead atoms. The second-order valence-electron chi connectivity index (χ2n) is 6.38. The minimum absolute atomic E-state index is 0.349. The van der Waals surface area contributed by atoms with E-state index in [1.54, 1.807) is 0 Å². The molecule has 3 N–H and O–H groups in total. The molecule has 3 nitrogen and oxygen atoms in total. The molecule has 17 heavy (non-hydrogen) atoms. The van der Waals surface area contributed by atoms with Crippen molar-refractivity contribution in [2.75, 3.05) is 0 Å². The van der Waals surface area contributed by atoms with Crippen molar-refractivity contribution in [1.82, 2.24) is 5.43 Å². The molecule has 0 radical (unpaired) electrons. The fourth-order valence-electron chi connectivity index (χ4n) is 3.46. The molecule has 2 rings (SSSR count). The number of aliphatic imine (C=N–C) groups is 1. The summed E-state index contributed by atoms with van der Waals surface area (Å²) < 4.78 is 0. The zero-order chi connectivity index (χ0) is 12.3. The van der Waals surface area contributed by atoms with E-state index in [1.165, 1.54) is 51.4 Å². The van der Waals surface area contributed by atoms with Gasteiger partial charge in [-0.3, -0.25) is 4.99 Å². The zero-order valence-corrected chi connectivity index (χ0v) is 11.3. The minimum Gasteiger partial charge on any atom is -0.312 e. The fraction of sp³-hybridized carbons (Fsp3) is 0.929. The first-order chi connectivity index (χ1) is 8.13. The number of nitrogens with one attached hydrogen (secondary N) is 1. The van der Waals surface area contributed by atoms with Crippen molar-refractivity contribution in [2.24, 2.45) is 22.2 Å². The van der Waals surface area contributed by atoms with Gasteiger partial charge in [-0.15, -0.1) is 0 Å². The van der Waals surface area contributed by atoms with Gasteiger partial charge in [0.05, 0.1) is 6.04 Å². The molecule has 0 aromatic carbocycles. The molecule has 1 unspecified atom stereocenters. The summed E-state index contributed by atoms with van der Waals surface area (Å²) in [5.74, 6) is 7.32. The smallest absolute Gasteiger partial charge is 0.114 e. The molecule has 0 saturated heterocycles. The lowest BCUT2D eigenvalue weighted by molar-refractivity contribution is 0.188. The molecular formula is C14H27N3. The normalized spacial score (nSPS) is 30.5. The Labute approximate surface area is 105 Å². The fourth-order valence-corrected chi connectivity index (χ4v) is 3.46. The molecular weight excluding hydrogens is 210 g/mol. The molecule has 0 heterocycles. The van der Waals surface area contributed by atoms with E-state index in [4.69, 9.17) is 10.8 Å². The number of hydrogen-bond acceptors (Lipinski definition) is 2. The third-order valence-corrected chi connectivity index (χ3v) is 4.63. The van der Waals surface area contributed by atoms with Crippen molar-refractivity contribution >= 4 is 5.84 Å². The molecule has 0 aliphatic heterocycles. The van der Waals surface area contributed by atoms with Crippen LogP contribution in [0, 0.1) is 11.3 Å². The van der Waals surface area contributed by atoms with Crippen molar-refractivity contribution in [2.45, 2.75) is 71.3 Å². The van der Waals surface area contributed by atoms with Crippen LogP contribution in [0.1, 0.15) is 65.2 Å². The molecule has 0 aromatic heterocycles. The molecule has 2 saturated carbocycles. The Bertz CT molecular complexity index is 277. The highest BCUT2D eigenvalue weighted by molar-refractivity contribution is 5.85. The largest absolute Gasteiger partial charge is 0.312 e. The second kappa shape index (κ2) is 5.38. The van der Waals surface area contributed by atoms with E-state index >= 15 is 0 Å². The predicted molar refractivity (Wildman–Crippen MR) is 72.8 cm³/mol. The Hall–Kier alpha value is -0.570. The van der Waals surface area contributed by atoms with Crippen LogP contribution in [0.3, 0.4) is 0 Å². The number of hydrogen-bond donors (Lipinski definition) is 2. The maximum absolute atomic E-state index is 5.72. The lowest BCUT2D eigenvalue weighted by Gasteiger charge is -2.39. The Morgan fingerprint density at radius 3 is 2.35 bits per heavy atom. The van der Waals surface area contributed by atoms with Crippen LogP contribution in [0.15, 0.2) is 4.99 Å². The molecule has 2 aliphatic carbocycles. The van der Waals surface area contributed by atoms with Crippen LogP contribution in [0.4, 0.5) is 0 Å². The van der Waals surface area contributed by atoms with Crippen LogP contribution < -0.4 is 11.3 Å². The van der Waals surface area contributed by atoms with Gasteiger partial charge in [-0.05, 0) is 31.1 Å². The minimum atomic E-state index is 0.349. The highest BCUT2D eigenvalue weighted by atomic mass is 15.3. The average Bonchev–Trinajstić information content (AvgIpc) is 2.79. The van der Waals surface area contributed by atoms with Gasteiger partial charge in [0.15, 0.2) is 0 Å². The summed E-state index contributed by atoms with van der Waals surface area (Å²) in [7, 11) is 0. The summed E-state index contributed by atoms with van der Waals surface area (Å²) in [5, 5.41) is 0. The van der Waals surface area contributed by atoms with E-state index in [0.29, 0.717) is 17.4 Å². The Kier molecular flexibility index (Phi) is 4.08. The van der Waals surface area contributed by atoms with Gasteiger partial charge in [-0.1, -0.05) is 39.5 Å². The Morgan fingerprint density at radius 1 is 1.12 bits per heavy atom. The highest BCUT2D eigenvalue weighted by Gasteiger charge is 2.35. The topological polar surface area (TPSA) is 50.4 Å². The molecule has 2 aliphatic rings. The van der Waals surface area contributed by atoms with E-state index in [9.17, 15) is 0 Å². The van der Waals surface area contributed by atoms with Crippen LogP contribution >= 0.6 is 0 Å². The van der Waals surface area contributed by atoms with Crippen LogP contribution in [-0.2, 0) is 0 Å². The number of nitrogens with two attached hydrogens (primary N) is 1. The molecule has 98 valence electrons. The molecule has 0 aromatic rings. The predicted octanol–water partition coefficient (Wildman–Crippen LogP) is 3.01. The van der Waals surface area contributed by atoms with E-state index in [-0.39, 0.29) is 0 Å². The summed E-state index contributed by atoms with van der Waals surface area (Å²) >= 11 is 0. The van der Waals surface area contributed by atoms with Crippen molar-refractivity contribution in [3.8, 4) is 0 Å². The quantitative estimate of drug-likeness (QED) is 0.336. The van der Waals surface area contributed by atoms with Gasteiger partial charge < -0.3 is 5.43 Å². The van der Waals surface area contributed by atoms with E-state index in [2.05, 4.69) is 19.3 Å². The maximum atomic E-state index is 5.72. The number of nitrogens with zero attached hydrogens (tertiary/aromatic N) is 1. The van der Waals surface area contributed by atoms with Gasteiger partial charge in [-0.2, -0.15) is 0 Å². The summed E-state index contributed by atoms with van der Waals surface area (Å²) in [6, 6.07) is 0.527. The SMILES string of the molecule is CC1(C)CCCCC1C(=NC1CCCC1)NN. The highest BCUT2D eigenvalue weighted by Crippen LogP contribution is 2.41. The molecule has 1 atom stereocenters. The van der Waals surface area contributed by atoms with Crippen LogP contribution in [0.25, 0.3) is 0 Å². The monoisotopic (exact) mass is 237 g/mol. The summed E-state index contributed by atoms with van der Waals surface area (Å²) in [4.78, 5) is 4.89. The zero-order valence-electron chi connectivity index (χ0n) is 11.3. The first kappa shape index (κ1) is 12.9. The third kappa shape index (κ3) is 3.01. The lowest BCUT2D eigenvalue weighted by atomic mass is 9.68. The van der Waals surface area contributed by atoms with Gasteiger partial charge in [0, 0.05) is 5.92 Å². The summed E-state index contributed by atoms with van der Waals surface area (Å²) in [6.45, 7) is 4.72. The van der Waals surface area contributed by atoms with Gasteiger partial charge in [0.1, 0.15) is 5.84 Å². The molecule has 3 heteroatoms. The number of amidine groups is 1. The van der Waals surface area contributed by atoms with E-state index in [0.717, 1.165) is 5.84 Å². The molecule has 0 amide bonds.